The maximum atomic E-state index is 10.8. The van der Waals surface area contributed by atoms with Crippen LogP contribution in [0.5, 0.6) is 0 Å². The molecule has 0 saturated heterocycles. The molecule has 1 heterocycles. The van der Waals surface area contributed by atoms with Crippen molar-refractivity contribution < 1.29 is 8.42 Å². The van der Waals surface area contributed by atoms with E-state index in [2.05, 4.69) is 4.98 Å². The molecule has 4 nitrogen and oxygen atoms in total. The molecule has 1 aromatic rings. The summed E-state index contributed by atoms with van der Waals surface area (Å²) in [7, 11) is 1.43. The largest absolute Gasteiger partial charge is 0.333 e. The van der Waals surface area contributed by atoms with Gasteiger partial charge in [0.1, 0.15) is 0 Å². The quantitative estimate of drug-likeness (QED) is 0.733. The van der Waals surface area contributed by atoms with Crippen molar-refractivity contribution in [2.24, 2.45) is 0 Å². The van der Waals surface area contributed by atoms with Crippen molar-refractivity contribution in [3.8, 4) is 0 Å². The number of nitrogens with zero attached hydrogens (tertiary/aromatic N) is 2. The van der Waals surface area contributed by atoms with Gasteiger partial charge in [0, 0.05) is 22.9 Å². The van der Waals surface area contributed by atoms with Crippen LogP contribution in [0.1, 0.15) is 26.3 Å². The third-order valence-corrected chi connectivity index (χ3v) is 3.11. The van der Waals surface area contributed by atoms with Gasteiger partial charge in [0.05, 0.1) is 6.33 Å². The molecule has 0 radical (unpaired) electrons. The fourth-order valence-electron chi connectivity index (χ4n) is 0.896. The Morgan fingerprint density at radius 3 is 2.69 bits per heavy atom. The van der Waals surface area contributed by atoms with E-state index in [0.717, 1.165) is 6.42 Å². The summed E-state index contributed by atoms with van der Waals surface area (Å²) in [6, 6.07) is 0.236. The van der Waals surface area contributed by atoms with Gasteiger partial charge in [-0.05, 0) is 13.3 Å². The molecule has 0 amide bonds. The van der Waals surface area contributed by atoms with E-state index in [-0.39, 0.29) is 11.1 Å². The van der Waals surface area contributed by atoms with Crippen molar-refractivity contribution in [1.29, 1.82) is 0 Å². The van der Waals surface area contributed by atoms with Crippen molar-refractivity contribution in [3.05, 3.63) is 12.5 Å². The minimum absolute atomic E-state index is 0.0885. The highest BCUT2D eigenvalue weighted by Crippen LogP contribution is 2.15. The Morgan fingerprint density at radius 2 is 2.31 bits per heavy atom. The highest BCUT2D eigenvalue weighted by molar-refractivity contribution is 8.13. The SMILES string of the molecule is CCC(C)n1cnc(S(=O)(=O)Cl)c1. The number of aromatic nitrogens is 2. The first-order valence-corrected chi connectivity index (χ1v) is 6.24. The molecule has 1 rings (SSSR count). The van der Waals surface area contributed by atoms with E-state index < -0.39 is 9.05 Å². The van der Waals surface area contributed by atoms with Crippen LogP contribution in [0.25, 0.3) is 0 Å². The van der Waals surface area contributed by atoms with Gasteiger partial charge in [-0.15, -0.1) is 0 Å². The number of imidazole rings is 1. The summed E-state index contributed by atoms with van der Waals surface area (Å²) in [4.78, 5) is 3.70. The summed E-state index contributed by atoms with van der Waals surface area (Å²) in [6.07, 6.45) is 3.83. The van der Waals surface area contributed by atoms with Crippen molar-refractivity contribution in [1.82, 2.24) is 9.55 Å². The molecule has 0 aliphatic rings. The molecule has 6 heteroatoms. The Kier molecular flexibility index (Phi) is 2.98. The van der Waals surface area contributed by atoms with Gasteiger partial charge in [0.15, 0.2) is 5.03 Å². The predicted molar refractivity (Wildman–Crippen MR) is 50.3 cm³/mol. The van der Waals surface area contributed by atoms with Gasteiger partial charge < -0.3 is 4.57 Å². The Morgan fingerprint density at radius 1 is 1.69 bits per heavy atom. The summed E-state index contributed by atoms with van der Waals surface area (Å²) in [5, 5.41) is -0.0885. The first kappa shape index (κ1) is 10.5. The standard InChI is InChI=1S/C7H11ClN2O2S/c1-3-6(2)10-4-7(9-5-10)13(8,11)12/h4-6H,3H2,1-2H3. The summed E-state index contributed by atoms with van der Waals surface area (Å²) in [5.74, 6) is 0. The average Bonchev–Trinajstić information content (AvgIpc) is 2.50. The molecule has 0 fully saturated rings. The Bertz CT molecular complexity index is 385. The second-order valence-corrected chi connectivity index (χ2v) is 5.37. The third-order valence-electron chi connectivity index (χ3n) is 1.93. The van der Waals surface area contributed by atoms with Crippen LogP contribution in [0, 0.1) is 0 Å². The van der Waals surface area contributed by atoms with Crippen molar-refractivity contribution in [2.75, 3.05) is 0 Å². The van der Waals surface area contributed by atoms with Gasteiger partial charge in [-0.1, -0.05) is 6.92 Å². The van der Waals surface area contributed by atoms with Crippen LogP contribution in [0.2, 0.25) is 0 Å². The smallest absolute Gasteiger partial charge is 0.280 e. The molecule has 0 spiro atoms. The highest BCUT2D eigenvalue weighted by Gasteiger charge is 2.14. The molecular weight excluding hydrogens is 212 g/mol. The maximum absolute atomic E-state index is 10.8. The van der Waals surface area contributed by atoms with E-state index in [1.165, 1.54) is 12.5 Å². The van der Waals surface area contributed by atoms with Crippen LogP contribution in [0.4, 0.5) is 0 Å². The lowest BCUT2D eigenvalue weighted by Gasteiger charge is -2.08. The van der Waals surface area contributed by atoms with Crippen LogP contribution in [0.15, 0.2) is 17.6 Å². The molecule has 0 aromatic carbocycles. The molecule has 74 valence electrons. The van der Waals surface area contributed by atoms with E-state index in [4.69, 9.17) is 10.7 Å². The van der Waals surface area contributed by atoms with E-state index >= 15 is 0 Å². The zero-order chi connectivity index (χ0) is 10.1. The van der Waals surface area contributed by atoms with Gasteiger partial charge in [0.25, 0.3) is 9.05 Å². The van der Waals surface area contributed by atoms with E-state index in [1.807, 2.05) is 13.8 Å². The lowest BCUT2D eigenvalue weighted by molar-refractivity contribution is 0.529. The van der Waals surface area contributed by atoms with Crippen LogP contribution < -0.4 is 0 Å². The van der Waals surface area contributed by atoms with Crippen LogP contribution in [-0.4, -0.2) is 18.0 Å². The fourth-order valence-corrected chi connectivity index (χ4v) is 1.56. The van der Waals surface area contributed by atoms with Crippen LogP contribution in [0.3, 0.4) is 0 Å². The summed E-state index contributed by atoms with van der Waals surface area (Å²) < 4.78 is 23.4. The average molecular weight is 223 g/mol. The van der Waals surface area contributed by atoms with Crippen LogP contribution in [-0.2, 0) is 9.05 Å². The van der Waals surface area contributed by atoms with Crippen molar-refractivity contribution in [3.63, 3.8) is 0 Å². The van der Waals surface area contributed by atoms with Crippen molar-refractivity contribution >= 4 is 19.7 Å². The fraction of sp³-hybridized carbons (Fsp3) is 0.571. The molecule has 13 heavy (non-hydrogen) atoms. The summed E-state index contributed by atoms with van der Waals surface area (Å²) in [5.41, 5.74) is 0. The lowest BCUT2D eigenvalue weighted by Crippen LogP contribution is -2.00. The van der Waals surface area contributed by atoms with Gasteiger partial charge in [-0.3, -0.25) is 0 Å². The van der Waals surface area contributed by atoms with E-state index in [1.54, 1.807) is 4.57 Å². The minimum atomic E-state index is -3.68. The molecule has 1 aromatic heterocycles. The number of halogens is 1. The molecule has 0 bridgehead atoms. The monoisotopic (exact) mass is 222 g/mol. The van der Waals surface area contributed by atoms with E-state index in [9.17, 15) is 8.42 Å². The first-order chi connectivity index (χ1) is 5.95. The minimum Gasteiger partial charge on any atom is -0.333 e. The Hall–Kier alpha value is -0.550. The van der Waals surface area contributed by atoms with Crippen LogP contribution >= 0.6 is 10.7 Å². The topological polar surface area (TPSA) is 52.0 Å². The molecule has 0 aliphatic carbocycles. The van der Waals surface area contributed by atoms with Gasteiger partial charge in [-0.25, -0.2) is 13.4 Å². The van der Waals surface area contributed by atoms with Crippen molar-refractivity contribution in [2.45, 2.75) is 31.3 Å². The summed E-state index contributed by atoms with van der Waals surface area (Å²) >= 11 is 0. The molecule has 0 aliphatic heterocycles. The second kappa shape index (κ2) is 3.67. The lowest BCUT2D eigenvalue weighted by atomic mass is 10.3. The predicted octanol–water partition coefficient (Wildman–Crippen LogP) is 1.78. The molecule has 0 N–H and O–H groups in total. The molecule has 1 atom stereocenters. The maximum Gasteiger partial charge on any atom is 0.280 e. The number of hydrogen-bond acceptors (Lipinski definition) is 3. The Balaban J connectivity index is 3.00. The number of rotatable bonds is 3. The molecule has 0 saturated carbocycles. The third kappa shape index (κ3) is 2.45. The van der Waals surface area contributed by atoms with Gasteiger partial charge in [-0.2, -0.15) is 0 Å². The zero-order valence-electron chi connectivity index (χ0n) is 7.44. The number of hydrogen-bond donors (Lipinski definition) is 0. The molecular formula is C7H11ClN2O2S. The summed E-state index contributed by atoms with van der Waals surface area (Å²) in [6.45, 7) is 3.99. The zero-order valence-corrected chi connectivity index (χ0v) is 9.01. The molecule has 1 unspecified atom stereocenters. The Labute approximate surface area is 82.0 Å². The normalized spacial score (nSPS) is 14.4. The van der Waals surface area contributed by atoms with E-state index in [0.29, 0.717) is 0 Å². The second-order valence-electron chi connectivity index (χ2n) is 2.85. The van der Waals surface area contributed by atoms with Gasteiger partial charge >= 0.3 is 0 Å². The first-order valence-electron chi connectivity index (χ1n) is 3.93. The van der Waals surface area contributed by atoms with Gasteiger partial charge in [0.2, 0.25) is 0 Å². The highest BCUT2D eigenvalue weighted by atomic mass is 35.7.